The van der Waals surface area contributed by atoms with E-state index in [1.165, 1.54) is 0 Å². The number of carboxylic acids is 1. The van der Waals surface area contributed by atoms with Crippen LogP contribution in [-0.2, 0) is 4.79 Å². The average Bonchev–Trinajstić information content (AvgIpc) is 1.61. The number of halogens is 1. The molecular weight excluding hydrogens is 128 g/mol. The summed E-state index contributed by atoms with van der Waals surface area (Å²) in [6, 6.07) is 0. The van der Waals surface area contributed by atoms with Crippen molar-refractivity contribution in [2.45, 2.75) is 13.3 Å². The van der Waals surface area contributed by atoms with Crippen molar-refractivity contribution in [1.82, 2.24) is 0 Å². The van der Waals surface area contributed by atoms with Gasteiger partial charge in [0.15, 0.2) is 0 Å². The highest BCUT2D eigenvalue weighted by Gasteiger charge is 1.85. The molecule has 0 saturated carbocycles. The van der Waals surface area contributed by atoms with E-state index < -0.39 is 5.97 Å². The van der Waals surface area contributed by atoms with Crippen molar-refractivity contribution >= 4 is 18.4 Å². The standard InChI is InChI=1S/C5H8O2.ClH/c1-2-3-4-5(6)7;/h2-3H,4H2,1H3,(H,6,7);1H. The number of allylic oxidation sites excluding steroid dienone is 1. The van der Waals surface area contributed by atoms with Gasteiger partial charge in [-0.05, 0) is 6.92 Å². The van der Waals surface area contributed by atoms with Gasteiger partial charge in [-0.15, -0.1) is 12.4 Å². The maximum absolute atomic E-state index is 9.71. The molecule has 0 aliphatic heterocycles. The van der Waals surface area contributed by atoms with E-state index in [0.29, 0.717) is 0 Å². The molecule has 1 N–H and O–H groups in total. The van der Waals surface area contributed by atoms with Crippen molar-refractivity contribution < 1.29 is 9.90 Å². The van der Waals surface area contributed by atoms with Crippen LogP contribution in [0.2, 0.25) is 0 Å². The lowest BCUT2D eigenvalue weighted by Crippen LogP contribution is -1.88. The first-order valence-corrected chi connectivity index (χ1v) is 2.10. The third-order valence-corrected chi connectivity index (χ3v) is 0.528. The number of hydrogen-bond acceptors (Lipinski definition) is 1. The maximum atomic E-state index is 9.71. The second-order valence-corrected chi connectivity index (χ2v) is 1.17. The quantitative estimate of drug-likeness (QED) is 0.584. The second kappa shape index (κ2) is 6.50. The van der Waals surface area contributed by atoms with E-state index in [9.17, 15) is 4.79 Å². The Kier molecular flexibility index (Phi) is 8.51. The molecule has 3 heteroatoms. The minimum absolute atomic E-state index is 0. The molecule has 0 heterocycles. The van der Waals surface area contributed by atoms with Crippen LogP contribution in [0.5, 0.6) is 0 Å². The molecule has 0 aromatic rings. The van der Waals surface area contributed by atoms with E-state index in [4.69, 9.17) is 5.11 Å². The monoisotopic (exact) mass is 136 g/mol. The van der Waals surface area contributed by atoms with Gasteiger partial charge >= 0.3 is 5.97 Å². The normalized spacial score (nSPS) is 8.62. The van der Waals surface area contributed by atoms with Gasteiger partial charge in [0.25, 0.3) is 0 Å². The number of carbonyl (C=O) groups is 1. The van der Waals surface area contributed by atoms with Crippen LogP contribution in [0.4, 0.5) is 0 Å². The van der Waals surface area contributed by atoms with Gasteiger partial charge in [-0.3, -0.25) is 4.79 Å². The summed E-state index contributed by atoms with van der Waals surface area (Å²) in [5.41, 5.74) is 0. The molecule has 0 unspecified atom stereocenters. The number of carboxylic acid groups (broad SMARTS) is 1. The molecule has 2 nitrogen and oxygen atoms in total. The van der Waals surface area contributed by atoms with Crippen LogP contribution in [0.3, 0.4) is 0 Å². The number of hydrogen-bond donors (Lipinski definition) is 1. The van der Waals surface area contributed by atoms with Gasteiger partial charge in [0.05, 0.1) is 6.42 Å². The van der Waals surface area contributed by atoms with Gasteiger partial charge in [-0.1, -0.05) is 12.2 Å². The average molecular weight is 137 g/mol. The SMILES string of the molecule is CC=CCC(=O)O.Cl. The van der Waals surface area contributed by atoms with E-state index in [1.54, 1.807) is 19.1 Å². The lowest BCUT2D eigenvalue weighted by molar-refractivity contribution is -0.136. The van der Waals surface area contributed by atoms with Crippen LogP contribution >= 0.6 is 12.4 Å². The molecule has 0 radical (unpaired) electrons. The Balaban J connectivity index is 0. The Morgan fingerprint density at radius 1 is 1.75 bits per heavy atom. The van der Waals surface area contributed by atoms with Crippen molar-refractivity contribution in [2.24, 2.45) is 0 Å². The third kappa shape index (κ3) is 9.09. The minimum atomic E-state index is -0.780. The highest BCUT2D eigenvalue weighted by Crippen LogP contribution is 1.79. The van der Waals surface area contributed by atoms with Crippen LogP contribution in [0, 0.1) is 0 Å². The predicted octanol–water partition coefficient (Wildman–Crippen LogP) is 1.46. The van der Waals surface area contributed by atoms with E-state index in [2.05, 4.69) is 0 Å². The molecule has 0 aliphatic carbocycles. The first kappa shape index (κ1) is 10.5. The highest BCUT2D eigenvalue weighted by atomic mass is 35.5. The summed E-state index contributed by atoms with van der Waals surface area (Å²) < 4.78 is 0. The Hall–Kier alpha value is -0.500. The van der Waals surface area contributed by atoms with Crippen LogP contribution in [-0.4, -0.2) is 11.1 Å². The van der Waals surface area contributed by atoms with Crippen LogP contribution in [0.25, 0.3) is 0 Å². The van der Waals surface area contributed by atoms with Gasteiger partial charge < -0.3 is 5.11 Å². The van der Waals surface area contributed by atoms with Gasteiger partial charge in [-0.25, -0.2) is 0 Å². The molecule has 0 aromatic carbocycles. The van der Waals surface area contributed by atoms with Crippen molar-refractivity contribution in [3.05, 3.63) is 12.2 Å². The fourth-order valence-electron chi connectivity index (χ4n) is 0.219. The van der Waals surface area contributed by atoms with Crippen molar-refractivity contribution in [3.63, 3.8) is 0 Å². The Labute approximate surface area is 54.6 Å². The molecule has 8 heavy (non-hydrogen) atoms. The van der Waals surface area contributed by atoms with E-state index in [-0.39, 0.29) is 18.8 Å². The molecule has 0 spiro atoms. The number of rotatable bonds is 2. The first-order valence-electron chi connectivity index (χ1n) is 2.10. The molecule has 0 saturated heterocycles. The molecule has 0 amide bonds. The number of aliphatic carboxylic acids is 1. The highest BCUT2D eigenvalue weighted by molar-refractivity contribution is 5.85. The smallest absolute Gasteiger partial charge is 0.307 e. The largest absolute Gasteiger partial charge is 0.481 e. The lowest BCUT2D eigenvalue weighted by atomic mass is 10.4. The summed E-state index contributed by atoms with van der Waals surface area (Å²) in [6.45, 7) is 1.79. The fraction of sp³-hybridized carbons (Fsp3) is 0.400. The zero-order valence-corrected chi connectivity index (χ0v) is 5.44. The van der Waals surface area contributed by atoms with Crippen LogP contribution in [0.1, 0.15) is 13.3 Å². The van der Waals surface area contributed by atoms with Gasteiger partial charge in [0.1, 0.15) is 0 Å². The van der Waals surface area contributed by atoms with Crippen LogP contribution < -0.4 is 0 Å². The summed E-state index contributed by atoms with van der Waals surface area (Å²) in [7, 11) is 0. The maximum Gasteiger partial charge on any atom is 0.307 e. The zero-order valence-electron chi connectivity index (χ0n) is 4.63. The Morgan fingerprint density at radius 3 is 2.38 bits per heavy atom. The molecule has 0 rings (SSSR count). The summed E-state index contributed by atoms with van der Waals surface area (Å²) in [6.07, 6.45) is 3.45. The van der Waals surface area contributed by atoms with E-state index >= 15 is 0 Å². The molecule has 48 valence electrons. The summed E-state index contributed by atoms with van der Waals surface area (Å²) in [5, 5.41) is 7.99. The Bertz CT molecular complexity index is 88.4. The second-order valence-electron chi connectivity index (χ2n) is 1.17. The topological polar surface area (TPSA) is 37.3 Å². The lowest BCUT2D eigenvalue weighted by Gasteiger charge is -1.77. The zero-order chi connectivity index (χ0) is 5.70. The van der Waals surface area contributed by atoms with Gasteiger partial charge in [0.2, 0.25) is 0 Å². The molecule has 0 fully saturated rings. The van der Waals surface area contributed by atoms with Crippen molar-refractivity contribution in [1.29, 1.82) is 0 Å². The molecule has 0 aromatic heterocycles. The molecule has 0 aliphatic rings. The third-order valence-electron chi connectivity index (χ3n) is 0.528. The summed E-state index contributed by atoms with van der Waals surface area (Å²) in [5.74, 6) is -0.780. The first-order chi connectivity index (χ1) is 3.27. The van der Waals surface area contributed by atoms with E-state index in [0.717, 1.165) is 0 Å². The Morgan fingerprint density at radius 2 is 2.25 bits per heavy atom. The molecule has 0 bridgehead atoms. The predicted molar refractivity (Wildman–Crippen MR) is 34.3 cm³/mol. The van der Waals surface area contributed by atoms with Gasteiger partial charge in [-0.2, -0.15) is 0 Å². The molecular formula is C5H9ClO2. The summed E-state index contributed by atoms with van der Waals surface area (Å²) >= 11 is 0. The minimum Gasteiger partial charge on any atom is -0.481 e. The van der Waals surface area contributed by atoms with E-state index in [1.807, 2.05) is 0 Å². The fourth-order valence-corrected chi connectivity index (χ4v) is 0.219. The van der Waals surface area contributed by atoms with Crippen LogP contribution in [0.15, 0.2) is 12.2 Å². The molecule has 0 atom stereocenters. The van der Waals surface area contributed by atoms with Crippen molar-refractivity contribution in [3.8, 4) is 0 Å². The summed E-state index contributed by atoms with van der Waals surface area (Å²) in [4.78, 5) is 9.71. The van der Waals surface area contributed by atoms with Gasteiger partial charge in [0, 0.05) is 0 Å². The van der Waals surface area contributed by atoms with Crippen molar-refractivity contribution in [2.75, 3.05) is 0 Å².